The van der Waals surface area contributed by atoms with E-state index in [4.69, 9.17) is 10.7 Å². The highest BCUT2D eigenvalue weighted by atomic mass is 16.2. The number of rotatable bonds is 7. The average molecular weight is 576 g/mol. The lowest BCUT2D eigenvalue weighted by Crippen LogP contribution is -2.49. The van der Waals surface area contributed by atoms with Crippen molar-refractivity contribution in [3.63, 3.8) is 0 Å². The summed E-state index contributed by atoms with van der Waals surface area (Å²) in [5, 5.41) is 0. The molecule has 3 aliphatic heterocycles. The number of aryl methyl sites for hydroxylation is 1. The van der Waals surface area contributed by atoms with Gasteiger partial charge in [-0.2, -0.15) is 0 Å². The summed E-state index contributed by atoms with van der Waals surface area (Å²) in [5.74, 6) is 0.467. The minimum atomic E-state index is -0.561. The van der Waals surface area contributed by atoms with E-state index in [0.29, 0.717) is 42.3 Å². The van der Waals surface area contributed by atoms with Crippen LogP contribution >= 0.6 is 0 Å². The number of hydrogen-bond donors (Lipinski definition) is 1. The molecule has 4 heterocycles. The molecule has 3 fully saturated rings. The Morgan fingerprint density at radius 2 is 1.47 bits per heavy atom. The monoisotopic (exact) mass is 575 g/mol. The van der Waals surface area contributed by atoms with Gasteiger partial charge >= 0.3 is 0 Å². The van der Waals surface area contributed by atoms with Crippen LogP contribution in [0.15, 0.2) is 78.9 Å². The molecule has 2 atom stereocenters. The van der Waals surface area contributed by atoms with Crippen LogP contribution < -0.4 is 5.73 Å². The number of nitrogens with zero attached hydrogens (tertiary/aromatic N) is 4. The number of para-hydroxylation sites is 2. The molecule has 4 aromatic rings. The summed E-state index contributed by atoms with van der Waals surface area (Å²) in [4.78, 5) is 35.1. The molecule has 2 bridgehead atoms. The summed E-state index contributed by atoms with van der Waals surface area (Å²) in [6.07, 6.45) is 7.80. The molecule has 222 valence electrons. The molecule has 3 aromatic carbocycles. The summed E-state index contributed by atoms with van der Waals surface area (Å²) in [6, 6.07) is 28.1. The number of aromatic nitrogens is 2. The molecule has 2 amide bonds. The van der Waals surface area contributed by atoms with Gasteiger partial charge in [-0.1, -0.05) is 54.6 Å². The maximum absolute atomic E-state index is 13.5. The number of fused-ring (bicyclic) bond motifs is 3. The first kappa shape index (κ1) is 27.8. The Hall–Kier alpha value is -3.97. The summed E-state index contributed by atoms with van der Waals surface area (Å²) < 4.78 is 2.51. The summed E-state index contributed by atoms with van der Waals surface area (Å²) in [7, 11) is 0. The van der Waals surface area contributed by atoms with E-state index in [-0.39, 0.29) is 11.3 Å². The number of benzene rings is 3. The SMILES string of the molecule is Cc1nc2ccccc2n1C1CC2CCC(C1)N2CCC1(c2ccccc2)CCN(C(=O)c2ccccc2C(N)=O)CC1. The predicted molar refractivity (Wildman–Crippen MR) is 169 cm³/mol. The van der Waals surface area contributed by atoms with Gasteiger partial charge in [-0.25, -0.2) is 4.98 Å². The summed E-state index contributed by atoms with van der Waals surface area (Å²) in [5.41, 5.74) is 10.1. The van der Waals surface area contributed by atoms with E-state index in [9.17, 15) is 9.59 Å². The van der Waals surface area contributed by atoms with Crippen molar-refractivity contribution in [2.24, 2.45) is 5.73 Å². The number of amides is 2. The number of carbonyl (C=O) groups excluding carboxylic acids is 2. The second-order valence-corrected chi connectivity index (χ2v) is 12.9. The molecule has 7 heteroatoms. The molecule has 2 N–H and O–H groups in total. The van der Waals surface area contributed by atoms with Gasteiger partial charge in [0.15, 0.2) is 0 Å². The van der Waals surface area contributed by atoms with Crippen LogP contribution in [0.4, 0.5) is 0 Å². The average Bonchev–Trinajstić information content (AvgIpc) is 3.50. The molecule has 3 saturated heterocycles. The van der Waals surface area contributed by atoms with Crippen LogP contribution in [0.25, 0.3) is 11.0 Å². The van der Waals surface area contributed by atoms with Crippen molar-refractivity contribution in [2.45, 2.75) is 75.4 Å². The third kappa shape index (κ3) is 5.03. The van der Waals surface area contributed by atoms with E-state index in [0.717, 1.165) is 37.1 Å². The Morgan fingerprint density at radius 1 is 0.837 bits per heavy atom. The number of hydrogen-bond acceptors (Lipinski definition) is 4. The number of carbonyl (C=O) groups is 2. The molecular formula is C36H41N5O2. The van der Waals surface area contributed by atoms with E-state index < -0.39 is 5.91 Å². The number of primary amides is 1. The molecule has 3 aliphatic rings. The molecular weight excluding hydrogens is 534 g/mol. The first-order valence-corrected chi connectivity index (χ1v) is 15.9. The van der Waals surface area contributed by atoms with Gasteiger partial charge < -0.3 is 15.2 Å². The number of nitrogens with two attached hydrogens (primary N) is 1. The highest BCUT2D eigenvalue weighted by molar-refractivity contribution is 6.06. The molecule has 0 aliphatic carbocycles. The van der Waals surface area contributed by atoms with Crippen LogP contribution in [0.5, 0.6) is 0 Å². The predicted octanol–water partition coefficient (Wildman–Crippen LogP) is 5.88. The third-order valence-corrected chi connectivity index (χ3v) is 10.7. The smallest absolute Gasteiger partial charge is 0.254 e. The fourth-order valence-electron chi connectivity index (χ4n) is 8.46. The molecule has 43 heavy (non-hydrogen) atoms. The van der Waals surface area contributed by atoms with Gasteiger partial charge in [-0.15, -0.1) is 0 Å². The zero-order valence-electron chi connectivity index (χ0n) is 25.0. The first-order chi connectivity index (χ1) is 20.9. The second kappa shape index (κ2) is 11.3. The maximum Gasteiger partial charge on any atom is 0.254 e. The van der Waals surface area contributed by atoms with Crippen LogP contribution in [0.1, 0.15) is 83.1 Å². The standard InChI is InChI=1S/C36H41N5O2/c1-25-38-32-13-7-8-14-33(32)41(25)29-23-27-15-16-28(24-29)40(27)22-19-36(26-9-3-2-4-10-26)17-20-39(21-18-36)35(43)31-12-6-5-11-30(31)34(37)42/h2-14,27-29H,15-24H2,1H3,(H2,37,42). The van der Waals surface area contributed by atoms with Gasteiger partial charge in [-0.3, -0.25) is 14.5 Å². The van der Waals surface area contributed by atoms with E-state index in [1.54, 1.807) is 24.3 Å². The minimum absolute atomic E-state index is 0.0225. The Bertz CT molecular complexity index is 1620. The Balaban J connectivity index is 1.07. The fraction of sp³-hybridized carbons (Fsp3) is 0.417. The summed E-state index contributed by atoms with van der Waals surface area (Å²) in [6.45, 7) is 4.58. The lowest BCUT2D eigenvalue weighted by molar-refractivity contribution is 0.0604. The van der Waals surface area contributed by atoms with Crippen LogP contribution in [0.3, 0.4) is 0 Å². The Labute approximate surface area is 253 Å². The zero-order chi connectivity index (χ0) is 29.6. The highest BCUT2D eigenvalue weighted by Gasteiger charge is 2.44. The van der Waals surface area contributed by atoms with Crippen LogP contribution in [0, 0.1) is 6.92 Å². The van der Waals surface area contributed by atoms with Crippen molar-refractivity contribution in [3.8, 4) is 0 Å². The highest BCUT2D eigenvalue weighted by Crippen LogP contribution is 2.45. The quantitative estimate of drug-likeness (QED) is 0.299. The molecule has 2 unspecified atom stereocenters. The van der Waals surface area contributed by atoms with Crippen molar-refractivity contribution >= 4 is 22.8 Å². The fourth-order valence-corrected chi connectivity index (χ4v) is 8.46. The molecule has 0 spiro atoms. The molecule has 0 radical (unpaired) electrons. The van der Waals surface area contributed by atoms with Crippen molar-refractivity contribution < 1.29 is 9.59 Å². The van der Waals surface area contributed by atoms with Crippen LogP contribution in [-0.4, -0.2) is 62.9 Å². The van der Waals surface area contributed by atoms with Gasteiger partial charge in [0.2, 0.25) is 5.91 Å². The summed E-state index contributed by atoms with van der Waals surface area (Å²) >= 11 is 0. The van der Waals surface area contributed by atoms with Gasteiger partial charge in [-0.05, 0) is 93.7 Å². The first-order valence-electron chi connectivity index (χ1n) is 15.9. The van der Waals surface area contributed by atoms with E-state index in [2.05, 4.69) is 71.0 Å². The largest absolute Gasteiger partial charge is 0.366 e. The molecule has 7 nitrogen and oxygen atoms in total. The lowest BCUT2D eigenvalue weighted by atomic mass is 9.70. The maximum atomic E-state index is 13.5. The van der Waals surface area contributed by atoms with Crippen molar-refractivity contribution in [1.82, 2.24) is 19.4 Å². The van der Waals surface area contributed by atoms with Crippen LogP contribution in [0.2, 0.25) is 0 Å². The normalized spacial score (nSPS) is 23.5. The number of likely N-dealkylation sites (tertiary alicyclic amines) is 1. The number of imidazole rings is 1. The molecule has 1 aromatic heterocycles. The minimum Gasteiger partial charge on any atom is -0.366 e. The lowest BCUT2D eigenvalue weighted by Gasteiger charge is -2.45. The van der Waals surface area contributed by atoms with Gasteiger partial charge in [0.05, 0.1) is 22.2 Å². The third-order valence-electron chi connectivity index (χ3n) is 10.7. The zero-order valence-corrected chi connectivity index (χ0v) is 25.0. The van der Waals surface area contributed by atoms with Gasteiger partial charge in [0.25, 0.3) is 5.91 Å². The van der Waals surface area contributed by atoms with E-state index in [1.807, 2.05) is 4.90 Å². The van der Waals surface area contributed by atoms with Gasteiger partial charge in [0, 0.05) is 31.2 Å². The van der Waals surface area contributed by atoms with Gasteiger partial charge in [0.1, 0.15) is 5.82 Å². The van der Waals surface area contributed by atoms with Crippen LogP contribution in [-0.2, 0) is 5.41 Å². The molecule has 7 rings (SSSR count). The Kier molecular flexibility index (Phi) is 7.29. The topological polar surface area (TPSA) is 84.5 Å². The van der Waals surface area contributed by atoms with E-state index in [1.165, 1.54) is 36.8 Å². The van der Waals surface area contributed by atoms with Crippen molar-refractivity contribution in [3.05, 3.63) is 101 Å². The number of piperidine rings is 2. The molecule has 0 saturated carbocycles. The second-order valence-electron chi connectivity index (χ2n) is 12.9. The van der Waals surface area contributed by atoms with Crippen molar-refractivity contribution in [1.29, 1.82) is 0 Å². The van der Waals surface area contributed by atoms with Crippen molar-refractivity contribution in [2.75, 3.05) is 19.6 Å². The Morgan fingerprint density at radius 3 is 2.16 bits per heavy atom. The van der Waals surface area contributed by atoms with E-state index >= 15 is 0 Å².